The van der Waals surface area contributed by atoms with Gasteiger partial charge in [0.2, 0.25) is 0 Å². The van der Waals surface area contributed by atoms with Crippen molar-refractivity contribution in [3.8, 4) is 11.3 Å². The summed E-state index contributed by atoms with van der Waals surface area (Å²) in [5.74, 6) is -0.0876. The highest BCUT2D eigenvalue weighted by atomic mass is 19.1. The first kappa shape index (κ1) is 18.9. The Morgan fingerprint density at radius 3 is 2.47 bits per heavy atom. The van der Waals surface area contributed by atoms with Crippen molar-refractivity contribution < 1.29 is 4.39 Å². The SMILES string of the molecule is Cc1ccc(-c2ccc3c(c2)CN(C)CCC3c2cc3ccccc3cc2F)nn1. The summed E-state index contributed by atoms with van der Waals surface area (Å²) >= 11 is 0. The summed E-state index contributed by atoms with van der Waals surface area (Å²) in [5.41, 5.74) is 6.04. The second-order valence-electron chi connectivity index (χ2n) is 8.27. The van der Waals surface area contributed by atoms with Crippen LogP contribution in [-0.4, -0.2) is 28.7 Å². The van der Waals surface area contributed by atoms with E-state index in [0.717, 1.165) is 52.8 Å². The van der Waals surface area contributed by atoms with Gasteiger partial charge in [-0.1, -0.05) is 36.4 Å². The van der Waals surface area contributed by atoms with Crippen molar-refractivity contribution in [1.29, 1.82) is 0 Å². The van der Waals surface area contributed by atoms with Crippen LogP contribution in [0.15, 0.2) is 66.7 Å². The first-order chi connectivity index (χ1) is 14.6. The third-order valence-corrected chi connectivity index (χ3v) is 6.09. The molecule has 1 aromatic heterocycles. The Hall–Kier alpha value is -3.11. The first-order valence-corrected chi connectivity index (χ1v) is 10.4. The maximum atomic E-state index is 15.2. The quantitative estimate of drug-likeness (QED) is 0.434. The summed E-state index contributed by atoms with van der Waals surface area (Å²) in [6.07, 6.45) is 0.891. The van der Waals surface area contributed by atoms with Gasteiger partial charge in [0.05, 0.1) is 11.4 Å². The zero-order chi connectivity index (χ0) is 20.7. The maximum absolute atomic E-state index is 15.2. The van der Waals surface area contributed by atoms with E-state index in [1.54, 1.807) is 6.07 Å². The Balaban J connectivity index is 1.62. The molecule has 0 amide bonds. The lowest BCUT2D eigenvalue weighted by molar-refractivity contribution is 0.328. The standard InChI is InChI=1S/C26H24FN3/c1-17-7-10-26(29-28-17)20-8-9-22-21(13-20)16-30(2)12-11-23(22)24-14-18-5-3-4-6-19(18)15-25(24)27/h3-10,13-15,23H,11-12,16H2,1-2H3. The fourth-order valence-electron chi connectivity index (χ4n) is 4.49. The van der Waals surface area contributed by atoms with Gasteiger partial charge >= 0.3 is 0 Å². The Kier molecular flexibility index (Phi) is 4.80. The molecule has 4 aromatic rings. The first-order valence-electron chi connectivity index (χ1n) is 10.4. The summed E-state index contributed by atoms with van der Waals surface area (Å²) in [5, 5.41) is 10.6. The van der Waals surface area contributed by atoms with Crippen LogP contribution in [0.3, 0.4) is 0 Å². The van der Waals surface area contributed by atoms with Crippen molar-refractivity contribution >= 4 is 10.8 Å². The van der Waals surface area contributed by atoms with Crippen LogP contribution in [0.2, 0.25) is 0 Å². The third kappa shape index (κ3) is 3.48. The zero-order valence-electron chi connectivity index (χ0n) is 17.3. The monoisotopic (exact) mass is 397 g/mol. The van der Waals surface area contributed by atoms with E-state index in [1.165, 1.54) is 11.1 Å². The molecule has 1 aliphatic heterocycles. The van der Waals surface area contributed by atoms with E-state index in [-0.39, 0.29) is 11.7 Å². The lowest BCUT2D eigenvalue weighted by Crippen LogP contribution is -2.17. The minimum absolute atomic E-state index is 0.0349. The number of benzene rings is 3. The number of hydrogen-bond acceptors (Lipinski definition) is 3. The molecule has 5 rings (SSSR count). The average molecular weight is 397 g/mol. The molecule has 0 saturated heterocycles. The second-order valence-corrected chi connectivity index (χ2v) is 8.27. The van der Waals surface area contributed by atoms with Gasteiger partial charge in [-0.05, 0) is 84.7 Å². The number of halogens is 1. The summed E-state index contributed by atoms with van der Waals surface area (Å²) in [4.78, 5) is 2.31. The molecule has 0 fully saturated rings. The van der Waals surface area contributed by atoms with Crippen LogP contribution in [0, 0.1) is 12.7 Å². The molecular formula is C26H24FN3. The van der Waals surface area contributed by atoms with Crippen molar-refractivity contribution in [2.24, 2.45) is 0 Å². The van der Waals surface area contributed by atoms with Gasteiger partial charge in [0.25, 0.3) is 0 Å². The summed E-state index contributed by atoms with van der Waals surface area (Å²) in [6, 6.07) is 22.1. The molecule has 1 atom stereocenters. The largest absolute Gasteiger partial charge is 0.302 e. The Morgan fingerprint density at radius 2 is 1.70 bits per heavy atom. The van der Waals surface area contributed by atoms with Gasteiger partial charge in [0.15, 0.2) is 0 Å². The molecular weight excluding hydrogens is 373 g/mol. The summed E-state index contributed by atoms with van der Waals surface area (Å²) in [6.45, 7) is 3.70. The maximum Gasteiger partial charge on any atom is 0.127 e. The number of aromatic nitrogens is 2. The normalized spacial score (nSPS) is 17.0. The van der Waals surface area contributed by atoms with Crippen LogP contribution in [0.4, 0.5) is 4.39 Å². The van der Waals surface area contributed by atoms with E-state index < -0.39 is 0 Å². The van der Waals surface area contributed by atoms with E-state index in [9.17, 15) is 0 Å². The van der Waals surface area contributed by atoms with Gasteiger partial charge in [-0.15, -0.1) is 0 Å². The molecule has 30 heavy (non-hydrogen) atoms. The minimum Gasteiger partial charge on any atom is -0.302 e. The summed E-state index contributed by atoms with van der Waals surface area (Å²) < 4.78 is 15.2. The fraction of sp³-hybridized carbons (Fsp3) is 0.231. The van der Waals surface area contributed by atoms with E-state index in [0.29, 0.717) is 0 Å². The summed E-state index contributed by atoms with van der Waals surface area (Å²) in [7, 11) is 2.13. The van der Waals surface area contributed by atoms with Crippen LogP contribution in [0.5, 0.6) is 0 Å². The van der Waals surface area contributed by atoms with E-state index in [4.69, 9.17) is 0 Å². The van der Waals surface area contributed by atoms with Crippen molar-refractivity contribution in [2.75, 3.05) is 13.6 Å². The van der Waals surface area contributed by atoms with Gasteiger partial charge in [0.1, 0.15) is 5.82 Å². The Bertz CT molecular complexity index is 1220. The molecule has 3 aromatic carbocycles. The molecule has 0 bridgehead atoms. The highest BCUT2D eigenvalue weighted by molar-refractivity contribution is 5.83. The number of fused-ring (bicyclic) bond motifs is 2. The molecule has 1 unspecified atom stereocenters. The number of rotatable bonds is 2. The van der Waals surface area contributed by atoms with Crippen molar-refractivity contribution in [2.45, 2.75) is 25.8 Å². The Morgan fingerprint density at radius 1 is 0.900 bits per heavy atom. The minimum atomic E-state index is -0.123. The van der Waals surface area contributed by atoms with Crippen LogP contribution < -0.4 is 0 Å². The second kappa shape index (κ2) is 7.62. The molecule has 0 spiro atoms. The molecule has 0 radical (unpaired) electrons. The molecule has 150 valence electrons. The molecule has 4 heteroatoms. The van der Waals surface area contributed by atoms with E-state index in [1.807, 2.05) is 43.3 Å². The highest BCUT2D eigenvalue weighted by Gasteiger charge is 2.25. The zero-order valence-corrected chi connectivity index (χ0v) is 17.3. The van der Waals surface area contributed by atoms with Crippen molar-refractivity contribution in [1.82, 2.24) is 15.1 Å². The van der Waals surface area contributed by atoms with Crippen molar-refractivity contribution in [3.63, 3.8) is 0 Å². The lowest BCUT2D eigenvalue weighted by Gasteiger charge is -2.20. The van der Waals surface area contributed by atoms with E-state index in [2.05, 4.69) is 46.4 Å². The van der Waals surface area contributed by atoms with Crippen LogP contribution in [-0.2, 0) is 6.54 Å². The third-order valence-electron chi connectivity index (χ3n) is 6.09. The molecule has 2 heterocycles. The molecule has 0 N–H and O–H groups in total. The number of nitrogens with zero attached hydrogens (tertiary/aromatic N) is 3. The predicted molar refractivity (Wildman–Crippen MR) is 119 cm³/mol. The molecule has 0 saturated carbocycles. The highest BCUT2D eigenvalue weighted by Crippen LogP contribution is 2.38. The lowest BCUT2D eigenvalue weighted by atomic mass is 9.84. The topological polar surface area (TPSA) is 29.0 Å². The van der Waals surface area contributed by atoms with E-state index >= 15 is 4.39 Å². The Labute approximate surface area is 176 Å². The molecule has 3 nitrogen and oxygen atoms in total. The smallest absolute Gasteiger partial charge is 0.127 e. The molecule has 0 aliphatic carbocycles. The van der Waals surface area contributed by atoms with Crippen LogP contribution in [0.1, 0.15) is 34.7 Å². The fourth-order valence-corrected chi connectivity index (χ4v) is 4.49. The van der Waals surface area contributed by atoms with Crippen molar-refractivity contribution in [3.05, 3.63) is 94.9 Å². The number of aryl methyl sites for hydroxylation is 1. The molecule has 1 aliphatic rings. The van der Waals surface area contributed by atoms with Crippen LogP contribution in [0.25, 0.3) is 22.0 Å². The van der Waals surface area contributed by atoms with Gasteiger partial charge in [-0.3, -0.25) is 0 Å². The van der Waals surface area contributed by atoms with Gasteiger partial charge < -0.3 is 4.90 Å². The number of hydrogen-bond donors (Lipinski definition) is 0. The van der Waals surface area contributed by atoms with Gasteiger partial charge in [-0.2, -0.15) is 10.2 Å². The van der Waals surface area contributed by atoms with Gasteiger partial charge in [0, 0.05) is 18.0 Å². The van der Waals surface area contributed by atoms with Crippen LogP contribution >= 0.6 is 0 Å². The van der Waals surface area contributed by atoms with Gasteiger partial charge in [-0.25, -0.2) is 4.39 Å². The predicted octanol–water partition coefficient (Wildman–Crippen LogP) is 5.71. The average Bonchev–Trinajstić information content (AvgIpc) is 2.91.